The Kier molecular flexibility index (Phi) is 7.68. The van der Waals surface area contributed by atoms with Crippen molar-refractivity contribution < 1.29 is 28.6 Å². The van der Waals surface area contributed by atoms with Crippen LogP contribution in [0.2, 0.25) is 18.1 Å². The monoisotopic (exact) mass is 446 g/mol. The number of allylic oxidation sites excluding steroid dienone is 3. The van der Waals surface area contributed by atoms with Gasteiger partial charge in [-0.05, 0) is 43.1 Å². The van der Waals surface area contributed by atoms with E-state index in [4.69, 9.17) is 13.9 Å². The van der Waals surface area contributed by atoms with E-state index in [0.29, 0.717) is 24.2 Å². The largest absolute Gasteiger partial charge is 0.496 e. The molecular formula is C24H34O6Si. The summed E-state index contributed by atoms with van der Waals surface area (Å²) in [5.41, 5.74) is 1.61. The number of hydrogen-bond donors (Lipinski definition) is 1. The van der Waals surface area contributed by atoms with Crippen molar-refractivity contribution in [3.63, 3.8) is 0 Å². The predicted molar refractivity (Wildman–Crippen MR) is 123 cm³/mol. The molecule has 1 unspecified atom stereocenters. The zero-order valence-electron chi connectivity index (χ0n) is 19.8. The molecule has 6 nitrogen and oxygen atoms in total. The van der Waals surface area contributed by atoms with Crippen molar-refractivity contribution in [2.24, 2.45) is 0 Å². The molecule has 1 aromatic rings. The van der Waals surface area contributed by atoms with Crippen LogP contribution >= 0.6 is 0 Å². The van der Waals surface area contributed by atoms with Crippen LogP contribution in [0, 0.1) is 0 Å². The lowest BCUT2D eigenvalue weighted by Gasteiger charge is -2.35. The average Bonchev–Trinajstić information content (AvgIpc) is 2.67. The first-order valence-corrected chi connectivity index (χ1v) is 13.3. The Hall–Kier alpha value is -2.22. The average molecular weight is 447 g/mol. The minimum atomic E-state index is -1.84. The fourth-order valence-corrected chi connectivity index (χ4v) is 4.23. The summed E-state index contributed by atoms with van der Waals surface area (Å²) in [4.78, 5) is 25.4. The normalized spacial score (nSPS) is 15.7. The summed E-state index contributed by atoms with van der Waals surface area (Å²) >= 11 is 0. The Morgan fingerprint density at radius 3 is 2.29 bits per heavy atom. The molecule has 170 valence electrons. The molecule has 0 saturated heterocycles. The Labute approximate surface area is 186 Å². The summed E-state index contributed by atoms with van der Waals surface area (Å²) in [6, 6.07) is 1.66. The number of Topliss-reactive ketones (excluding diaryl/α,β-unsaturated/α-hetero) is 1. The molecule has 1 aliphatic rings. The van der Waals surface area contributed by atoms with Crippen molar-refractivity contribution in [3.8, 4) is 5.75 Å². The fraction of sp³-hybridized carbons (Fsp3) is 0.500. The highest BCUT2D eigenvalue weighted by Crippen LogP contribution is 2.39. The summed E-state index contributed by atoms with van der Waals surface area (Å²) in [6.45, 7) is 13.1. The van der Waals surface area contributed by atoms with Gasteiger partial charge in [0.05, 0.1) is 32.5 Å². The molecule has 0 saturated carbocycles. The summed E-state index contributed by atoms with van der Waals surface area (Å²) in [6.07, 6.45) is 4.64. The van der Waals surface area contributed by atoms with Gasteiger partial charge in [-0.3, -0.25) is 9.59 Å². The zero-order chi connectivity index (χ0) is 23.6. The Balaban J connectivity index is 2.38. The second-order valence-corrected chi connectivity index (χ2v) is 14.0. The van der Waals surface area contributed by atoms with Gasteiger partial charge in [-0.2, -0.15) is 0 Å². The number of ketones is 2. The number of ether oxygens (including phenoxy) is 2. The molecule has 2 rings (SSSR count). The lowest BCUT2D eigenvalue weighted by molar-refractivity contribution is 0.0914. The summed E-state index contributed by atoms with van der Waals surface area (Å²) in [5, 5.41) is 10.5. The van der Waals surface area contributed by atoms with Crippen molar-refractivity contribution in [3.05, 3.63) is 52.3 Å². The minimum absolute atomic E-state index is 0.00591. The van der Waals surface area contributed by atoms with Gasteiger partial charge in [0.1, 0.15) is 5.75 Å². The molecule has 0 fully saturated rings. The summed E-state index contributed by atoms with van der Waals surface area (Å²) in [5.74, 6) is -0.527. The number of carbonyl (C=O) groups is 2. The van der Waals surface area contributed by atoms with Crippen molar-refractivity contribution in [2.45, 2.75) is 58.4 Å². The SMILES string of the molecule is COC1=CC(=O)c2c(cc(C/C=C/CO[Si](C)(C)C(C)(C)C)c(C(C)O)c2OC)C1=O. The van der Waals surface area contributed by atoms with E-state index in [1.165, 1.54) is 14.2 Å². The molecule has 1 N–H and O–H groups in total. The number of fused-ring (bicyclic) bond motifs is 1. The molecule has 0 amide bonds. The molecular weight excluding hydrogens is 412 g/mol. The quantitative estimate of drug-likeness (QED) is 0.457. The number of carbonyl (C=O) groups excluding carboxylic acids is 2. The lowest BCUT2D eigenvalue weighted by atomic mass is 9.85. The Morgan fingerprint density at radius 2 is 1.77 bits per heavy atom. The van der Waals surface area contributed by atoms with Crippen LogP contribution in [0.4, 0.5) is 0 Å². The maximum absolute atomic E-state index is 12.8. The van der Waals surface area contributed by atoms with E-state index in [-0.39, 0.29) is 39.2 Å². The van der Waals surface area contributed by atoms with Crippen molar-refractivity contribution in [1.29, 1.82) is 0 Å². The molecule has 0 heterocycles. The van der Waals surface area contributed by atoms with Gasteiger partial charge in [0.2, 0.25) is 5.78 Å². The third kappa shape index (κ3) is 5.17. The zero-order valence-corrected chi connectivity index (χ0v) is 20.8. The van der Waals surface area contributed by atoms with Crippen LogP contribution in [0.3, 0.4) is 0 Å². The van der Waals surface area contributed by atoms with Crippen molar-refractivity contribution >= 4 is 19.9 Å². The highest BCUT2D eigenvalue weighted by molar-refractivity contribution is 6.74. The number of benzene rings is 1. The molecule has 0 bridgehead atoms. The Morgan fingerprint density at radius 1 is 1.13 bits per heavy atom. The first kappa shape index (κ1) is 25.0. The topological polar surface area (TPSA) is 82.1 Å². The second-order valence-electron chi connectivity index (χ2n) is 9.23. The fourth-order valence-electron chi connectivity index (χ4n) is 3.28. The van der Waals surface area contributed by atoms with Crippen LogP contribution in [0.1, 0.15) is 65.6 Å². The van der Waals surface area contributed by atoms with E-state index < -0.39 is 14.4 Å². The number of aliphatic hydroxyl groups is 1. The predicted octanol–water partition coefficient (Wildman–Crippen LogP) is 4.78. The highest BCUT2D eigenvalue weighted by atomic mass is 28.4. The number of hydrogen-bond acceptors (Lipinski definition) is 6. The summed E-state index contributed by atoms with van der Waals surface area (Å²) < 4.78 is 16.7. The van der Waals surface area contributed by atoms with Crippen LogP contribution in [-0.4, -0.2) is 45.8 Å². The number of aliphatic hydroxyl groups excluding tert-OH is 1. The Bertz CT molecular complexity index is 919. The van der Waals surface area contributed by atoms with Gasteiger partial charge in [0.25, 0.3) is 0 Å². The molecule has 0 spiro atoms. The van der Waals surface area contributed by atoms with Gasteiger partial charge in [-0.15, -0.1) is 0 Å². The van der Waals surface area contributed by atoms with E-state index in [1.54, 1.807) is 13.0 Å². The van der Waals surface area contributed by atoms with Gasteiger partial charge in [0.15, 0.2) is 19.9 Å². The van der Waals surface area contributed by atoms with E-state index in [1.807, 2.05) is 12.2 Å². The van der Waals surface area contributed by atoms with E-state index in [9.17, 15) is 14.7 Å². The van der Waals surface area contributed by atoms with Crippen molar-refractivity contribution in [1.82, 2.24) is 0 Å². The first-order chi connectivity index (χ1) is 14.4. The summed E-state index contributed by atoms with van der Waals surface area (Å²) in [7, 11) is 0.949. The van der Waals surface area contributed by atoms with Crippen LogP contribution in [0.5, 0.6) is 5.75 Å². The van der Waals surface area contributed by atoms with E-state index in [2.05, 4.69) is 33.9 Å². The van der Waals surface area contributed by atoms with Crippen LogP contribution in [-0.2, 0) is 15.6 Å². The molecule has 0 aromatic heterocycles. The maximum atomic E-state index is 12.8. The number of rotatable bonds is 8. The third-order valence-corrected chi connectivity index (χ3v) is 10.6. The third-order valence-electron chi connectivity index (χ3n) is 6.08. The smallest absolute Gasteiger partial charge is 0.228 e. The molecule has 0 radical (unpaired) electrons. The number of methoxy groups -OCH3 is 2. The maximum Gasteiger partial charge on any atom is 0.228 e. The molecule has 1 atom stereocenters. The molecule has 31 heavy (non-hydrogen) atoms. The van der Waals surface area contributed by atoms with Gasteiger partial charge >= 0.3 is 0 Å². The molecule has 1 aromatic carbocycles. The van der Waals surface area contributed by atoms with Crippen LogP contribution in [0.15, 0.2) is 30.1 Å². The van der Waals surface area contributed by atoms with Crippen LogP contribution in [0.25, 0.3) is 0 Å². The van der Waals surface area contributed by atoms with Crippen LogP contribution < -0.4 is 4.74 Å². The first-order valence-electron chi connectivity index (χ1n) is 10.4. The molecule has 0 aliphatic heterocycles. The second kappa shape index (κ2) is 9.50. The van der Waals surface area contributed by atoms with Crippen molar-refractivity contribution in [2.75, 3.05) is 20.8 Å². The standard InChI is InChI=1S/C24H34O6Si/c1-15(25)20-16(11-9-10-12-30-31(7,8)24(2,3)4)13-17-21(23(20)29-6)18(26)14-19(28-5)22(17)27/h9-10,13-15,25H,11-12H2,1-8H3/b10-9+. The van der Waals surface area contributed by atoms with Gasteiger partial charge in [-0.25, -0.2) is 0 Å². The van der Waals surface area contributed by atoms with Gasteiger partial charge < -0.3 is 19.0 Å². The minimum Gasteiger partial charge on any atom is -0.496 e. The molecule has 7 heteroatoms. The van der Waals surface area contributed by atoms with E-state index in [0.717, 1.165) is 6.08 Å². The lowest BCUT2D eigenvalue weighted by Crippen LogP contribution is -2.40. The van der Waals surface area contributed by atoms with Gasteiger partial charge in [0, 0.05) is 17.2 Å². The molecule has 1 aliphatic carbocycles. The highest BCUT2D eigenvalue weighted by Gasteiger charge is 2.37. The van der Waals surface area contributed by atoms with E-state index >= 15 is 0 Å². The van der Waals surface area contributed by atoms with Gasteiger partial charge in [-0.1, -0.05) is 32.9 Å².